The molecule has 4 fully saturated rings. The largest absolute Gasteiger partial charge is 0.496 e. The minimum atomic E-state index is 0.116. The van der Waals surface area contributed by atoms with Gasteiger partial charge in [0.05, 0.1) is 7.11 Å². The van der Waals surface area contributed by atoms with Gasteiger partial charge in [-0.05, 0) is 114 Å². The lowest BCUT2D eigenvalue weighted by Gasteiger charge is -2.39. The van der Waals surface area contributed by atoms with Crippen LogP contribution in [-0.2, 0) is 5.41 Å². The van der Waals surface area contributed by atoms with E-state index in [2.05, 4.69) is 42.5 Å². The van der Waals surface area contributed by atoms with Gasteiger partial charge in [-0.2, -0.15) is 0 Å². The molecule has 3 aromatic carbocycles. The summed E-state index contributed by atoms with van der Waals surface area (Å²) in [6.07, 6.45) is 8.78. The second kappa shape index (κ2) is 7.13. The molecule has 0 amide bonds. The van der Waals surface area contributed by atoms with E-state index in [0.29, 0.717) is 5.41 Å². The van der Waals surface area contributed by atoms with Gasteiger partial charge in [0, 0.05) is 11.1 Å². The smallest absolute Gasteiger partial charge is 0.219 e. The summed E-state index contributed by atoms with van der Waals surface area (Å²) in [5.41, 5.74) is 5.02. The molecule has 158 valence electrons. The third-order valence-corrected chi connectivity index (χ3v) is 8.90. The van der Waals surface area contributed by atoms with E-state index in [0.717, 1.165) is 34.5 Å². The molecule has 7 rings (SSSR count). The molecule has 0 radical (unpaired) electrons. The molecule has 4 bridgehead atoms. The van der Waals surface area contributed by atoms with Crippen LogP contribution in [0.1, 0.15) is 48.0 Å². The van der Waals surface area contributed by atoms with Crippen LogP contribution >= 0.6 is 11.8 Å². The van der Waals surface area contributed by atoms with Crippen LogP contribution in [0.5, 0.6) is 5.75 Å². The SMILES string of the molecule is COc1ccc(-c2ccc3cc(C(=O)SC)ccc3c2)cc1C12CC3CC(C1)C(C3)C2. The number of carbonyl (C=O) groups excluding carboxylic acids is 1. The maximum absolute atomic E-state index is 12.0. The molecule has 0 heterocycles. The van der Waals surface area contributed by atoms with Crippen LogP contribution in [0, 0.1) is 17.8 Å². The summed E-state index contributed by atoms with van der Waals surface area (Å²) in [6.45, 7) is 0. The number of ether oxygens (including phenoxy) is 1. The number of fused-ring (bicyclic) bond motifs is 1. The van der Waals surface area contributed by atoms with Crippen molar-refractivity contribution in [3.05, 3.63) is 65.7 Å². The molecule has 3 heteroatoms. The van der Waals surface area contributed by atoms with Crippen molar-refractivity contribution in [2.75, 3.05) is 13.4 Å². The van der Waals surface area contributed by atoms with Crippen LogP contribution in [0.3, 0.4) is 0 Å². The second-order valence-electron chi connectivity index (χ2n) is 9.93. The van der Waals surface area contributed by atoms with E-state index in [1.54, 1.807) is 0 Å². The molecule has 31 heavy (non-hydrogen) atoms. The first kappa shape index (κ1) is 19.4. The molecular formula is C28H28O2S. The van der Waals surface area contributed by atoms with Gasteiger partial charge in [0.2, 0.25) is 5.12 Å². The quantitative estimate of drug-likeness (QED) is 0.443. The Morgan fingerprint density at radius 1 is 0.903 bits per heavy atom. The van der Waals surface area contributed by atoms with E-state index >= 15 is 0 Å². The number of methoxy groups -OCH3 is 1. The summed E-state index contributed by atoms with van der Waals surface area (Å²) in [5.74, 6) is 3.85. The van der Waals surface area contributed by atoms with Gasteiger partial charge in [0.25, 0.3) is 0 Å². The summed E-state index contributed by atoms with van der Waals surface area (Å²) >= 11 is 1.26. The average molecular weight is 429 g/mol. The van der Waals surface area contributed by atoms with E-state index in [-0.39, 0.29) is 5.12 Å². The normalized spacial score (nSPS) is 28.4. The zero-order valence-electron chi connectivity index (χ0n) is 18.2. The maximum Gasteiger partial charge on any atom is 0.219 e. The van der Waals surface area contributed by atoms with Crippen molar-refractivity contribution in [1.29, 1.82) is 0 Å². The number of benzene rings is 3. The van der Waals surface area contributed by atoms with Gasteiger partial charge in [0.1, 0.15) is 5.75 Å². The first-order valence-corrected chi connectivity index (χ1v) is 12.6. The van der Waals surface area contributed by atoms with Crippen LogP contribution in [0.15, 0.2) is 54.6 Å². The fraction of sp³-hybridized carbons (Fsp3) is 0.393. The van der Waals surface area contributed by atoms with Crippen molar-refractivity contribution in [2.24, 2.45) is 17.8 Å². The van der Waals surface area contributed by atoms with Crippen LogP contribution in [0.25, 0.3) is 21.9 Å². The van der Waals surface area contributed by atoms with Crippen LogP contribution in [0.4, 0.5) is 0 Å². The minimum absolute atomic E-state index is 0.116. The summed E-state index contributed by atoms with van der Waals surface area (Å²) < 4.78 is 5.87. The molecular weight excluding hydrogens is 400 g/mol. The number of rotatable bonds is 4. The molecule has 4 aliphatic carbocycles. The highest BCUT2D eigenvalue weighted by Crippen LogP contribution is 2.65. The lowest BCUT2D eigenvalue weighted by molar-refractivity contribution is 0.108. The number of hydrogen-bond donors (Lipinski definition) is 0. The van der Waals surface area contributed by atoms with Gasteiger partial charge in [-0.1, -0.05) is 36.0 Å². The van der Waals surface area contributed by atoms with Crippen molar-refractivity contribution in [3.8, 4) is 16.9 Å². The van der Waals surface area contributed by atoms with Gasteiger partial charge in [-0.25, -0.2) is 0 Å². The Labute approximate surface area is 188 Å². The Morgan fingerprint density at radius 2 is 1.58 bits per heavy atom. The lowest BCUT2D eigenvalue weighted by Crippen LogP contribution is -2.32. The molecule has 2 nitrogen and oxygen atoms in total. The van der Waals surface area contributed by atoms with E-state index in [1.807, 2.05) is 25.5 Å². The minimum Gasteiger partial charge on any atom is -0.496 e. The average Bonchev–Trinajstić information content (AvgIpc) is 3.23. The fourth-order valence-electron chi connectivity index (χ4n) is 7.11. The van der Waals surface area contributed by atoms with E-state index in [1.165, 1.54) is 65.9 Å². The van der Waals surface area contributed by atoms with Gasteiger partial charge in [0.15, 0.2) is 0 Å². The predicted molar refractivity (Wildman–Crippen MR) is 129 cm³/mol. The zero-order chi connectivity index (χ0) is 21.2. The van der Waals surface area contributed by atoms with Gasteiger partial charge in [-0.15, -0.1) is 0 Å². The third kappa shape index (κ3) is 3.04. The molecule has 0 spiro atoms. The number of carbonyl (C=O) groups is 1. The first-order valence-electron chi connectivity index (χ1n) is 11.4. The molecule has 2 unspecified atom stereocenters. The topological polar surface area (TPSA) is 26.3 Å². The molecule has 4 saturated carbocycles. The molecule has 2 atom stereocenters. The van der Waals surface area contributed by atoms with Gasteiger partial charge in [-0.3, -0.25) is 4.79 Å². The molecule has 0 N–H and O–H groups in total. The monoisotopic (exact) mass is 428 g/mol. The highest BCUT2D eigenvalue weighted by molar-refractivity contribution is 8.13. The molecule has 0 saturated heterocycles. The fourth-order valence-corrected chi connectivity index (χ4v) is 7.48. The zero-order valence-corrected chi connectivity index (χ0v) is 19.0. The van der Waals surface area contributed by atoms with Crippen molar-refractivity contribution in [3.63, 3.8) is 0 Å². The first-order chi connectivity index (χ1) is 15.1. The van der Waals surface area contributed by atoms with Crippen LogP contribution < -0.4 is 4.74 Å². The predicted octanol–water partition coefficient (Wildman–Crippen LogP) is 7.10. The Hall–Kier alpha value is -2.26. The van der Waals surface area contributed by atoms with Crippen molar-refractivity contribution >= 4 is 27.6 Å². The van der Waals surface area contributed by atoms with Crippen LogP contribution in [-0.4, -0.2) is 18.5 Å². The maximum atomic E-state index is 12.0. The highest BCUT2D eigenvalue weighted by Gasteiger charge is 2.57. The van der Waals surface area contributed by atoms with E-state index < -0.39 is 0 Å². The van der Waals surface area contributed by atoms with Gasteiger partial charge >= 0.3 is 0 Å². The summed E-state index contributed by atoms with van der Waals surface area (Å²) in [4.78, 5) is 12.0. The Kier molecular flexibility index (Phi) is 4.47. The van der Waals surface area contributed by atoms with Crippen molar-refractivity contribution < 1.29 is 9.53 Å². The third-order valence-electron chi connectivity index (χ3n) is 8.29. The molecule has 0 aliphatic heterocycles. The molecule has 4 aliphatic rings. The molecule has 3 aromatic rings. The van der Waals surface area contributed by atoms with E-state index in [9.17, 15) is 4.79 Å². The summed E-state index contributed by atoms with van der Waals surface area (Å²) in [5, 5.41) is 2.40. The number of thioether (sulfide) groups is 1. The van der Waals surface area contributed by atoms with E-state index in [4.69, 9.17) is 4.74 Å². The lowest BCUT2D eigenvalue weighted by atomic mass is 9.65. The summed E-state index contributed by atoms with van der Waals surface area (Å²) in [7, 11) is 1.81. The summed E-state index contributed by atoms with van der Waals surface area (Å²) in [6, 6.07) is 19.4. The Bertz CT molecular complexity index is 1180. The standard InChI is InChI=1S/C28H28O2S/c1-30-26-8-7-21(13-25(26)28-14-17-9-23(15-28)24(10-17)16-28)19-3-4-20-12-22(27(29)31-2)6-5-18(20)11-19/h3-8,11-13,17,23-24H,9-10,14-16H2,1-2H3. The molecule has 0 aromatic heterocycles. The van der Waals surface area contributed by atoms with Gasteiger partial charge < -0.3 is 4.74 Å². The van der Waals surface area contributed by atoms with Crippen molar-refractivity contribution in [2.45, 2.75) is 37.5 Å². The highest BCUT2D eigenvalue weighted by atomic mass is 32.2. The Morgan fingerprint density at radius 3 is 2.29 bits per heavy atom. The van der Waals surface area contributed by atoms with Crippen LogP contribution in [0.2, 0.25) is 0 Å². The second-order valence-corrected chi connectivity index (χ2v) is 10.7. The Balaban J connectivity index is 1.40. The number of hydrogen-bond acceptors (Lipinski definition) is 3. The van der Waals surface area contributed by atoms with Crippen molar-refractivity contribution in [1.82, 2.24) is 0 Å².